The molecule has 2 aromatic carbocycles. The largest absolute Gasteiger partial charge is 0.481 e. The third kappa shape index (κ3) is 3.87. The van der Waals surface area contributed by atoms with Gasteiger partial charge in [0.1, 0.15) is 24.1 Å². The minimum absolute atomic E-state index is 0.297. The molecule has 2 heterocycles. The smallest absolute Gasteiger partial charge is 0.306 e. The highest BCUT2D eigenvalue weighted by Gasteiger charge is 2.48. The van der Waals surface area contributed by atoms with Gasteiger partial charge >= 0.3 is 5.97 Å². The third-order valence-electron chi connectivity index (χ3n) is 6.27. The normalized spacial score (nSPS) is 23.6. The van der Waals surface area contributed by atoms with Crippen molar-refractivity contribution in [1.82, 2.24) is 14.5 Å². The summed E-state index contributed by atoms with van der Waals surface area (Å²) in [5.41, 5.74) is 2.58. The van der Waals surface area contributed by atoms with Crippen LogP contribution in [-0.2, 0) is 21.4 Å². The molecule has 2 fully saturated rings. The van der Waals surface area contributed by atoms with E-state index in [0.717, 1.165) is 29.4 Å². The third-order valence-corrected chi connectivity index (χ3v) is 6.50. The van der Waals surface area contributed by atoms with E-state index in [1.54, 1.807) is 11.0 Å². The number of ether oxygens (including phenoxy) is 1. The molecule has 32 heavy (non-hydrogen) atoms. The Morgan fingerprint density at radius 3 is 2.69 bits per heavy atom. The van der Waals surface area contributed by atoms with Crippen molar-refractivity contribution in [3.8, 4) is 0 Å². The van der Waals surface area contributed by atoms with Crippen molar-refractivity contribution < 1.29 is 19.4 Å². The van der Waals surface area contributed by atoms with Gasteiger partial charge in [0.05, 0.1) is 17.5 Å². The lowest BCUT2D eigenvalue weighted by Gasteiger charge is -2.44. The second kappa shape index (κ2) is 8.22. The van der Waals surface area contributed by atoms with Crippen LogP contribution in [0.25, 0.3) is 11.0 Å². The number of rotatable bonds is 6. The molecule has 0 bridgehead atoms. The zero-order valence-electron chi connectivity index (χ0n) is 17.6. The summed E-state index contributed by atoms with van der Waals surface area (Å²) in [5.74, 6) is -0.242. The average molecular weight is 454 g/mol. The summed E-state index contributed by atoms with van der Waals surface area (Å²) in [6.07, 6.45) is 0.0920. The molecule has 1 saturated carbocycles. The van der Waals surface area contributed by atoms with Crippen LogP contribution in [0, 0.1) is 5.92 Å². The molecule has 1 aliphatic heterocycles. The quantitative estimate of drug-likeness (QED) is 0.606. The van der Waals surface area contributed by atoms with Crippen molar-refractivity contribution in [1.29, 1.82) is 0 Å². The first-order valence-electron chi connectivity index (χ1n) is 10.8. The van der Waals surface area contributed by atoms with Crippen molar-refractivity contribution in [2.45, 2.75) is 37.5 Å². The van der Waals surface area contributed by atoms with Gasteiger partial charge in [0.2, 0.25) is 0 Å². The molecule has 0 spiro atoms. The first kappa shape index (κ1) is 21.0. The molecule has 2 aliphatic rings. The zero-order chi connectivity index (χ0) is 22.4. The van der Waals surface area contributed by atoms with Crippen LogP contribution in [0.5, 0.6) is 0 Å². The van der Waals surface area contributed by atoms with Crippen LogP contribution in [0.15, 0.2) is 48.5 Å². The minimum atomic E-state index is -1.07. The minimum Gasteiger partial charge on any atom is -0.481 e. The Balaban J connectivity index is 1.66. The molecular formula is C24H24ClN3O4. The van der Waals surface area contributed by atoms with Gasteiger partial charge in [-0.1, -0.05) is 35.9 Å². The number of carbonyl (C=O) groups excluding carboxylic acids is 1. The highest BCUT2D eigenvalue weighted by atomic mass is 35.5. The molecule has 0 unspecified atom stereocenters. The number of benzene rings is 2. The number of carboxylic acids is 1. The Bertz CT molecular complexity index is 1190. The van der Waals surface area contributed by atoms with E-state index in [9.17, 15) is 14.7 Å². The first-order chi connectivity index (χ1) is 15.4. The van der Waals surface area contributed by atoms with E-state index >= 15 is 0 Å². The Labute approximate surface area is 190 Å². The van der Waals surface area contributed by atoms with E-state index < -0.39 is 24.2 Å². The number of morpholine rings is 1. The van der Waals surface area contributed by atoms with Crippen molar-refractivity contribution in [2.75, 3.05) is 6.54 Å². The number of nitrogens with zero attached hydrogens (tertiary/aromatic N) is 3. The number of hydrogen-bond donors (Lipinski definition) is 1. The molecule has 0 radical (unpaired) electrons. The van der Waals surface area contributed by atoms with Crippen LogP contribution in [0.1, 0.15) is 42.8 Å². The Morgan fingerprint density at radius 1 is 1.22 bits per heavy atom. The van der Waals surface area contributed by atoms with Crippen LogP contribution in [0.4, 0.5) is 0 Å². The Hall–Kier alpha value is -2.90. The molecule has 1 aromatic heterocycles. The number of carboxylic acid groups (broad SMARTS) is 1. The number of amides is 1. The van der Waals surface area contributed by atoms with Crippen LogP contribution >= 0.6 is 11.6 Å². The maximum Gasteiger partial charge on any atom is 0.306 e. The van der Waals surface area contributed by atoms with E-state index in [2.05, 4.69) is 0 Å². The standard InChI is InChI=1S/C24H24ClN3O4/c1-27-18-8-3-2-7-17(18)26-23(27)21-22(15-5-4-6-16(25)11-15)32-19(12-20(29)30)24(31)28(21)13-14-9-10-14/h2-8,11,14,19,21-22H,9-10,12-13H2,1H3,(H,29,30)/t19-,21-,22+/m0/s1. The van der Waals surface area contributed by atoms with Gasteiger partial charge in [0, 0.05) is 18.6 Å². The Morgan fingerprint density at radius 2 is 2.00 bits per heavy atom. The van der Waals surface area contributed by atoms with Gasteiger partial charge in [-0.3, -0.25) is 9.59 Å². The lowest BCUT2D eigenvalue weighted by Crippen LogP contribution is -2.52. The van der Waals surface area contributed by atoms with Crippen molar-refractivity contribution in [2.24, 2.45) is 13.0 Å². The molecular weight excluding hydrogens is 430 g/mol. The molecule has 8 heteroatoms. The molecule has 7 nitrogen and oxygen atoms in total. The number of imidazole rings is 1. The summed E-state index contributed by atoms with van der Waals surface area (Å²) < 4.78 is 8.21. The van der Waals surface area contributed by atoms with Crippen LogP contribution < -0.4 is 0 Å². The number of para-hydroxylation sites is 2. The Kier molecular flexibility index (Phi) is 5.39. The van der Waals surface area contributed by atoms with Gasteiger partial charge < -0.3 is 19.3 Å². The highest BCUT2D eigenvalue weighted by Crippen LogP contribution is 2.45. The maximum atomic E-state index is 13.5. The topological polar surface area (TPSA) is 84.7 Å². The van der Waals surface area contributed by atoms with Gasteiger partial charge in [-0.2, -0.15) is 0 Å². The molecule has 3 aromatic rings. The van der Waals surface area contributed by atoms with Crippen molar-refractivity contribution in [3.63, 3.8) is 0 Å². The summed E-state index contributed by atoms with van der Waals surface area (Å²) in [5, 5.41) is 9.95. The van der Waals surface area contributed by atoms with Gasteiger partial charge in [0.15, 0.2) is 0 Å². The van der Waals surface area contributed by atoms with Crippen LogP contribution in [-0.4, -0.2) is 44.1 Å². The molecule has 1 saturated heterocycles. The van der Waals surface area contributed by atoms with E-state index in [-0.39, 0.29) is 12.3 Å². The number of aryl methyl sites for hydroxylation is 1. The predicted octanol–water partition coefficient (Wildman–Crippen LogP) is 4.12. The molecule has 1 N–H and O–H groups in total. The summed E-state index contributed by atoms with van der Waals surface area (Å²) in [6, 6.07) is 14.6. The number of halogens is 1. The molecule has 3 atom stereocenters. The number of aromatic nitrogens is 2. The lowest BCUT2D eigenvalue weighted by molar-refractivity contribution is -0.180. The second-order valence-corrected chi connectivity index (χ2v) is 9.03. The fourth-order valence-electron chi connectivity index (χ4n) is 4.52. The fraction of sp³-hybridized carbons (Fsp3) is 0.375. The van der Waals surface area contributed by atoms with Crippen LogP contribution in [0.2, 0.25) is 5.02 Å². The average Bonchev–Trinajstić information content (AvgIpc) is 3.53. The number of hydrogen-bond acceptors (Lipinski definition) is 4. The van der Waals surface area contributed by atoms with Gasteiger partial charge in [0.25, 0.3) is 5.91 Å². The molecule has 1 aliphatic carbocycles. The fourth-order valence-corrected chi connectivity index (χ4v) is 4.72. The molecule has 5 rings (SSSR count). The summed E-state index contributed by atoms with van der Waals surface area (Å²) in [7, 11) is 1.93. The van der Waals surface area contributed by atoms with Crippen molar-refractivity contribution >= 4 is 34.5 Å². The highest BCUT2D eigenvalue weighted by molar-refractivity contribution is 6.30. The molecule has 166 valence electrons. The summed E-state index contributed by atoms with van der Waals surface area (Å²) in [4.78, 5) is 31.6. The summed E-state index contributed by atoms with van der Waals surface area (Å²) in [6.45, 7) is 0.559. The van der Waals surface area contributed by atoms with Crippen LogP contribution in [0.3, 0.4) is 0 Å². The number of aliphatic carboxylic acids is 1. The predicted molar refractivity (Wildman–Crippen MR) is 119 cm³/mol. The first-order valence-corrected chi connectivity index (χ1v) is 11.1. The van der Waals surface area contributed by atoms with E-state index in [1.807, 2.05) is 54.1 Å². The van der Waals surface area contributed by atoms with Gasteiger partial charge in [-0.15, -0.1) is 0 Å². The maximum absolute atomic E-state index is 13.5. The van der Waals surface area contributed by atoms with E-state index in [4.69, 9.17) is 21.3 Å². The SMILES string of the molecule is Cn1c([C@@H]2[C@@H](c3cccc(Cl)c3)O[C@@H](CC(=O)O)C(=O)N2CC2CC2)nc2ccccc21. The van der Waals surface area contributed by atoms with E-state index in [1.165, 1.54) is 0 Å². The van der Waals surface area contributed by atoms with Gasteiger partial charge in [-0.25, -0.2) is 4.98 Å². The number of carbonyl (C=O) groups is 2. The second-order valence-electron chi connectivity index (χ2n) is 8.59. The lowest BCUT2D eigenvalue weighted by atomic mass is 9.95. The monoisotopic (exact) mass is 453 g/mol. The molecule has 1 amide bonds. The zero-order valence-corrected chi connectivity index (χ0v) is 18.4. The summed E-state index contributed by atoms with van der Waals surface area (Å²) >= 11 is 6.28. The number of fused-ring (bicyclic) bond motifs is 1. The van der Waals surface area contributed by atoms with Crippen molar-refractivity contribution in [3.05, 3.63) is 64.9 Å². The van der Waals surface area contributed by atoms with Gasteiger partial charge in [-0.05, 0) is 48.6 Å². The van der Waals surface area contributed by atoms with E-state index in [0.29, 0.717) is 23.3 Å².